The van der Waals surface area contributed by atoms with Crippen molar-refractivity contribution in [1.82, 2.24) is 24.6 Å². The molecule has 3 atom stereocenters. The highest BCUT2D eigenvalue weighted by Crippen LogP contribution is 2.43. The molecular formula is C25H32N6. The van der Waals surface area contributed by atoms with Gasteiger partial charge in [0.2, 0.25) is 0 Å². The first kappa shape index (κ1) is 19.3. The zero-order valence-electron chi connectivity index (χ0n) is 18.1. The number of aryl methyl sites for hydroxylation is 1. The molecule has 3 aromatic rings. The van der Waals surface area contributed by atoms with E-state index >= 15 is 0 Å². The van der Waals surface area contributed by atoms with Crippen LogP contribution in [-0.4, -0.2) is 44.9 Å². The number of likely N-dealkylation sites (tertiary alicyclic amines) is 1. The van der Waals surface area contributed by atoms with Gasteiger partial charge < -0.3 is 10.6 Å². The number of nitrogens with zero attached hydrogens (tertiary/aromatic N) is 4. The van der Waals surface area contributed by atoms with Crippen LogP contribution in [-0.2, 0) is 13.0 Å². The first-order valence-corrected chi connectivity index (χ1v) is 12.0. The maximum atomic E-state index is 5.00. The topological polar surface area (TPSA) is 57.5 Å². The van der Waals surface area contributed by atoms with Crippen molar-refractivity contribution >= 4 is 11.5 Å². The molecule has 0 spiro atoms. The number of aromatic nitrogens is 3. The van der Waals surface area contributed by atoms with Gasteiger partial charge in [-0.1, -0.05) is 12.1 Å². The van der Waals surface area contributed by atoms with E-state index < -0.39 is 0 Å². The fourth-order valence-corrected chi connectivity index (χ4v) is 5.94. The zero-order chi connectivity index (χ0) is 20.6. The van der Waals surface area contributed by atoms with Crippen LogP contribution in [0.3, 0.4) is 0 Å². The van der Waals surface area contributed by atoms with Crippen molar-refractivity contribution < 1.29 is 0 Å². The SMILES string of the molecule is c1cnc2c(c1)CC[C@@H]1CCCN(Cc3cn4c(N[C@H]5CCCNC5)cccc4n3)[C@H]21. The third-order valence-corrected chi connectivity index (χ3v) is 7.41. The van der Waals surface area contributed by atoms with Gasteiger partial charge in [-0.25, -0.2) is 4.98 Å². The Morgan fingerprint density at radius 2 is 2.10 bits per heavy atom. The van der Waals surface area contributed by atoms with Crippen molar-refractivity contribution in [3.63, 3.8) is 0 Å². The molecule has 2 saturated heterocycles. The maximum absolute atomic E-state index is 5.00. The fraction of sp³-hybridized carbons (Fsp3) is 0.520. The minimum Gasteiger partial charge on any atom is -0.367 e. The molecule has 2 aliphatic heterocycles. The Morgan fingerprint density at radius 3 is 3.03 bits per heavy atom. The van der Waals surface area contributed by atoms with Crippen LogP contribution < -0.4 is 10.6 Å². The van der Waals surface area contributed by atoms with E-state index in [2.05, 4.69) is 56.5 Å². The quantitative estimate of drug-likeness (QED) is 0.678. The molecule has 0 bridgehead atoms. The summed E-state index contributed by atoms with van der Waals surface area (Å²) in [5.74, 6) is 1.87. The van der Waals surface area contributed by atoms with Crippen LogP contribution in [0.15, 0.2) is 42.7 Å². The van der Waals surface area contributed by atoms with Crippen molar-refractivity contribution in [1.29, 1.82) is 0 Å². The number of hydrogen-bond donors (Lipinski definition) is 2. The Labute approximate surface area is 184 Å². The van der Waals surface area contributed by atoms with Gasteiger partial charge in [-0.05, 0) is 81.3 Å². The molecule has 6 heteroatoms. The summed E-state index contributed by atoms with van der Waals surface area (Å²) in [6.45, 7) is 4.18. The summed E-state index contributed by atoms with van der Waals surface area (Å²) in [6, 6.07) is 11.7. The summed E-state index contributed by atoms with van der Waals surface area (Å²) >= 11 is 0. The third kappa shape index (κ3) is 3.72. The molecular weight excluding hydrogens is 384 g/mol. The van der Waals surface area contributed by atoms with Crippen molar-refractivity contribution in [3.8, 4) is 0 Å². The fourth-order valence-electron chi connectivity index (χ4n) is 5.94. The molecule has 2 N–H and O–H groups in total. The summed E-state index contributed by atoms with van der Waals surface area (Å²) in [4.78, 5) is 12.5. The van der Waals surface area contributed by atoms with Gasteiger partial charge in [-0.3, -0.25) is 14.3 Å². The van der Waals surface area contributed by atoms with Gasteiger partial charge in [0.25, 0.3) is 0 Å². The van der Waals surface area contributed by atoms with Crippen LogP contribution in [0.4, 0.5) is 5.82 Å². The number of hydrogen-bond acceptors (Lipinski definition) is 5. The van der Waals surface area contributed by atoms with E-state index in [-0.39, 0.29) is 0 Å². The van der Waals surface area contributed by atoms with E-state index in [0.29, 0.717) is 12.1 Å². The molecule has 1 aliphatic carbocycles. The lowest BCUT2D eigenvalue weighted by Crippen LogP contribution is -2.41. The summed E-state index contributed by atoms with van der Waals surface area (Å²) in [5.41, 5.74) is 4.94. The molecule has 31 heavy (non-hydrogen) atoms. The number of imidazole rings is 1. The summed E-state index contributed by atoms with van der Waals surface area (Å²) in [6.07, 6.45) is 11.7. The molecule has 0 saturated carbocycles. The summed E-state index contributed by atoms with van der Waals surface area (Å²) in [7, 11) is 0. The molecule has 2 fully saturated rings. The second kappa shape index (κ2) is 8.24. The minimum absolute atomic E-state index is 0.439. The Morgan fingerprint density at radius 1 is 1.10 bits per heavy atom. The van der Waals surface area contributed by atoms with E-state index in [1.54, 1.807) is 0 Å². The van der Waals surface area contributed by atoms with Gasteiger partial charge in [0.05, 0.1) is 17.4 Å². The number of pyridine rings is 2. The number of anilines is 1. The number of nitrogens with one attached hydrogen (secondary N) is 2. The Bertz CT molecular complexity index is 1050. The highest BCUT2D eigenvalue weighted by atomic mass is 15.2. The molecule has 3 aromatic heterocycles. The number of rotatable bonds is 4. The van der Waals surface area contributed by atoms with Gasteiger partial charge in [0.15, 0.2) is 0 Å². The molecule has 3 aliphatic rings. The maximum Gasteiger partial charge on any atom is 0.138 e. The van der Waals surface area contributed by atoms with E-state index in [0.717, 1.165) is 49.3 Å². The zero-order valence-corrected chi connectivity index (χ0v) is 18.1. The molecule has 6 rings (SSSR count). The van der Waals surface area contributed by atoms with E-state index in [9.17, 15) is 0 Å². The Hall–Kier alpha value is -2.44. The summed E-state index contributed by atoms with van der Waals surface area (Å²) < 4.78 is 2.23. The number of piperidine rings is 2. The first-order valence-electron chi connectivity index (χ1n) is 12.0. The van der Waals surface area contributed by atoms with Crippen LogP contribution >= 0.6 is 0 Å². The molecule has 0 aromatic carbocycles. The van der Waals surface area contributed by atoms with Crippen LogP contribution in [0.2, 0.25) is 0 Å². The third-order valence-electron chi connectivity index (χ3n) is 7.41. The second-order valence-electron chi connectivity index (χ2n) is 9.46. The molecule has 0 unspecified atom stereocenters. The standard InChI is InChI=1S/C25H32N6/c1-8-22(28-20-7-3-12-26-15-20)31-17-21(29-23(31)9-1)16-30-14-4-6-19-11-10-18-5-2-13-27-24(18)25(19)30/h1-2,5,8-9,13,17,19-20,25-26,28H,3-4,6-7,10-12,14-16H2/t19-,20-,25-/m0/s1. The van der Waals surface area contributed by atoms with E-state index in [1.165, 1.54) is 49.8 Å². The predicted octanol–water partition coefficient (Wildman–Crippen LogP) is 3.79. The van der Waals surface area contributed by atoms with Crippen molar-refractivity contribution in [2.24, 2.45) is 5.92 Å². The lowest BCUT2D eigenvalue weighted by atomic mass is 9.77. The van der Waals surface area contributed by atoms with Crippen LogP contribution in [0, 0.1) is 5.92 Å². The van der Waals surface area contributed by atoms with Crippen molar-refractivity contribution in [3.05, 3.63) is 59.7 Å². The van der Waals surface area contributed by atoms with E-state index in [1.807, 2.05) is 6.20 Å². The van der Waals surface area contributed by atoms with Gasteiger partial charge in [-0.15, -0.1) is 0 Å². The van der Waals surface area contributed by atoms with Crippen molar-refractivity contribution in [2.45, 2.75) is 57.2 Å². The van der Waals surface area contributed by atoms with Gasteiger partial charge in [0.1, 0.15) is 11.5 Å². The van der Waals surface area contributed by atoms with Gasteiger partial charge in [-0.2, -0.15) is 0 Å². The minimum atomic E-state index is 0.439. The number of fused-ring (bicyclic) bond motifs is 4. The first-order chi connectivity index (χ1) is 15.3. The summed E-state index contributed by atoms with van der Waals surface area (Å²) in [5, 5.41) is 7.23. The Balaban J connectivity index is 1.27. The van der Waals surface area contributed by atoms with Crippen LogP contribution in [0.25, 0.3) is 5.65 Å². The lowest BCUT2D eigenvalue weighted by Gasteiger charge is -2.44. The average Bonchev–Trinajstić information content (AvgIpc) is 3.23. The van der Waals surface area contributed by atoms with Gasteiger partial charge >= 0.3 is 0 Å². The predicted molar refractivity (Wildman–Crippen MR) is 123 cm³/mol. The molecule has 0 amide bonds. The Kier molecular flexibility index (Phi) is 5.12. The van der Waals surface area contributed by atoms with Crippen molar-refractivity contribution in [2.75, 3.05) is 25.0 Å². The molecule has 6 nitrogen and oxygen atoms in total. The lowest BCUT2D eigenvalue weighted by molar-refractivity contribution is 0.0687. The van der Waals surface area contributed by atoms with E-state index in [4.69, 9.17) is 9.97 Å². The largest absolute Gasteiger partial charge is 0.367 e. The molecule has 5 heterocycles. The average molecular weight is 417 g/mol. The second-order valence-corrected chi connectivity index (χ2v) is 9.46. The molecule has 162 valence electrons. The smallest absolute Gasteiger partial charge is 0.138 e. The van der Waals surface area contributed by atoms with Crippen LogP contribution in [0.5, 0.6) is 0 Å². The molecule has 0 radical (unpaired) electrons. The van der Waals surface area contributed by atoms with Crippen LogP contribution in [0.1, 0.15) is 55.1 Å². The highest BCUT2D eigenvalue weighted by molar-refractivity contribution is 5.51. The monoisotopic (exact) mass is 416 g/mol. The van der Waals surface area contributed by atoms with Gasteiger partial charge in [0, 0.05) is 31.5 Å². The highest BCUT2D eigenvalue weighted by Gasteiger charge is 2.37. The normalized spacial score (nSPS) is 26.4.